The van der Waals surface area contributed by atoms with Gasteiger partial charge in [0.25, 0.3) is 0 Å². The number of H-pyrrole nitrogens is 1. The van der Waals surface area contributed by atoms with Crippen LogP contribution in [0.1, 0.15) is 31.0 Å². The first-order chi connectivity index (χ1) is 8.72. The number of aromatic nitrogens is 1. The van der Waals surface area contributed by atoms with Crippen molar-refractivity contribution in [3.63, 3.8) is 0 Å². The third kappa shape index (κ3) is 2.73. The lowest BCUT2D eigenvalue weighted by atomic mass is 10.1. The molecule has 1 aromatic heterocycles. The van der Waals surface area contributed by atoms with Crippen molar-refractivity contribution in [2.45, 2.75) is 33.1 Å². The molecule has 3 heteroatoms. The van der Waals surface area contributed by atoms with E-state index in [1.807, 2.05) is 13.0 Å². The van der Waals surface area contributed by atoms with Crippen LogP contribution in [0.2, 0.25) is 0 Å². The van der Waals surface area contributed by atoms with E-state index in [4.69, 9.17) is 0 Å². The summed E-state index contributed by atoms with van der Waals surface area (Å²) >= 11 is 0. The molecule has 0 bridgehead atoms. The third-order valence-electron chi connectivity index (χ3n) is 3.20. The molecule has 0 atom stereocenters. The van der Waals surface area contributed by atoms with Crippen LogP contribution < -0.4 is 5.32 Å². The van der Waals surface area contributed by atoms with Crippen LogP contribution in [-0.2, 0) is 11.2 Å². The van der Waals surface area contributed by atoms with Crippen molar-refractivity contribution in [1.29, 1.82) is 0 Å². The summed E-state index contributed by atoms with van der Waals surface area (Å²) in [7, 11) is 0. The minimum atomic E-state index is 0.148. The van der Waals surface area contributed by atoms with Gasteiger partial charge in [0, 0.05) is 29.6 Å². The zero-order chi connectivity index (χ0) is 13.0. The molecular weight excluding hydrogens is 224 g/mol. The van der Waals surface area contributed by atoms with Crippen LogP contribution in [0.15, 0.2) is 24.3 Å². The molecule has 18 heavy (non-hydrogen) atoms. The molecule has 0 unspecified atom stereocenters. The molecule has 3 nitrogen and oxygen atoms in total. The van der Waals surface area contributed by atoms with Crippen LogP contribution in [0.3, 0.4) is 0 Å². The van der Waals surface area contributed by atoms with Gasteiger partial charge in [-0.15, -0.1) is 0 Å². The zero-order valence-electron chi connectivity index (χ0n) is 11.0. The van der Waals surface area contributed by atoms with Gasteiger partial charge in [0.2, 0.25) is 5.91 Å². The first-order valence-corrected chi connectivity index (χ1v) is 6.55. The molecule has 2 rings (SSSR count). The highest BCUT2D eigenvalue weighted by molar-refractivity contribution is 5.84. The number of fused-ring (bicyclic) bond motifs is 1. The molecule has 1 aromatic carbocycles. The lowest BCUT2D eigenvalue weighted by Crippen LogP contribution is -2.25. The van der Waals surface area contributed by atoms with Crippen LogP contribution in [0.25, 0.3) is 10.9 Å². The van der Waals surface area contributed by atoms with Gasteiger partial charge < -0.3 is 10.3 Å². The normalized spacial score (nSPS) is 10.8. The lowest BCUT2D eigenvalue weighted by molar-refractivity contribution is -0.121. The highest BCUT2D eigenvalue weighted by Crippen LogP contribution is 2.21. The first-order valence-electron chi connectivity index (χ1n) is 6.55. The highest BCUT2D eigenvalue weighted by atomic mass is 16.1. The Hall–Kier alpha value is -1.77. The topological polar surface area (TPSA) is 44.9 Å². The van der Waals surface area contributed by atoms with Crippen molar-refractivity contribution in [3.8, 4) is 0 Å². The number of para-hydroxylation sites is 1. The van der Waals surface area contributed by atoms with Crippen molar-refractivity contribution in [1.82, 2.24) is 10.3 Å². The Bertz CT molecular complexity index is 542. The van der Waals surface area contributed by atoms with Gasteiger partial charge in [-0.3, -0.25) is 4.79 Å². The Morgan fingerprint density at radius 3 is 2.89 bits per heavy atom. The number of rotatable bonds is 5. The first kappa shape index (κ1) is 12.7. The van der Waals surface area contributed by atoms with Gasteiger partial charge in [-0.1, -0.05) is 25.1 Å². The maximum atomic E-state index is 11.4. The predicted molar refractivity (Wildman–Crippen MR) is 74.7 cm³/mol. The van der Waals surface area contributed by atoms with Gasteiger partial charge in [0.1, 0.15) is 0 Å². The Balaban J connectivity index is 2.03. The lowest BCUT2D eigenvalue weighted by Gasteiger charge is -2.04. The van der Waals surface area contributed by atoms with E-state index in [0.717, 1.165) is 12.8 Å². The molecule has 1 heterocycles. The van der Waals surface area contributed by atoms with Crippen molar-refractivity contribution >= 4 is 16.8 Å². The molecule has 2 N–H and O–H groups in total. The Morgan fingerprint density at radius 1 is 1.33 bits per heavy atom. The quantitative estimate of drug-likeness (QED) is 0.834. The molecule has 0 aliphatic heterocycles. The number of carbonyl (C=O) groups excluding carboxylic acids is 1. The molecular formula is C15H20N2O. The van der Waals surface area contributed by atoms with E-state index in [9.17, 15) is 4.79 Å². The molecule has 0 aliphatic carbocycles. The molecule has 0 spiro atoms. The molecule has 1 amide bonds. The van der Waals surface area contributed by atoms with Gasteiger partial charge >= 0.3 is 0 Å². The Kier molecular flexibility index (Phi) is 4.03. The van der Waals surface area contributed by atoms with E-state index in [1.165, 1.54) is 22.2 Å². The number of aryl methyl sites for hydroxylation is 1. The van der Waals surface area contributed by atoms with Gasteiger partial charge in [-0.2, -0.15) is 0 Å². The number of hydrogen-bond donors (Lipinski definition) is 2. The zero-order valence-corrected chi connectivity index (χ0v) is 11.0. The average Bonchev–Trinajstić information content (AvgIpc) is 2.66. The molecule has 0 saturated heterocycles. The summed E-state index contributed by atoms with van der Waals surface area (Å²) in [4.78, 5) is 14.8. The van der Waals surface area contributed by atoms with E-state index in [2.05, 4.69) is 35.4 Å². The SMILES string of the molecule is CCCC(=O)NCCc1c(C)[nH]c2ccccc12. The summed E-state index contributed by atoms with van der Waals surface area (Å²) in [6.45, 7) is 4.81. The second-order valence-electron chi connectivity index (χ2n) is 4.62. The standard InChI is InChI=1S/C15H20N2O/c1-3-6-15(18)16-10-9-12-11(2)17-14-8-5-4-7-13(12)14/h4-5,7-8,17H,3,6,9-10H2,1-2H3,(H,16,18). The monoisotopic (exact) mass is 244 g/mol. The van der Waals surface area contributed by atoms with Crippen molar-refractivity contribution < 1.29 is 4.79 Å². The second-order valence-corrected chi connectivity index (χ2v) is 4.62. The van der Waals surface area contributed by atoms with Gasteiger partial charge in [0.15, 0.2) is 0 Å². The molecule has 0 aliphatic rings. The molecule has 0 saturated carbocycles. The minimum absolute atomic E-state index is 0.148. The molecule has 2 aromatic rings. The van der Waals surface area contributed by atoms with Gasteiger partial charge in [-0.25, -0.2) is 0 Å². The van der Waals surface area contributed by atoms with Crippen LogP contribution in [0, 0.1) is 6.92 Å². The van der Waals surface area contributed by atoms with Crippen LogP contribution in [0.4, 0.5) is 0 Å². The largest absolute Gasteiger partial charge is 0.358 e. The van der Waals surface area contributed by atoms with E-state index < -0.39 is 0 Å². The summed E-state index contributed by atoms with van der Waals surface area (Å²) < 4.78 is 0. The number of nitrogens with one attached hydrogen (secondary N) is 2. The number of benzene rings is 1. The predicted octanol–water partition coefficient (Wildman–Crippen LogP) is 2.94. The Morgan fingerprint density at radius 2 is 2.11 bits per heavy atom. The van der Waals surface area contributed by atoms with Gasteiger partial charge in [-0.05, 0) is 31.4 Å². The number of hydrogen-bond acceptors (Lipinski definition) is 1. The summed E-state index contributed by atoms with van der Waals surface area (Å²) in [5.74, 6) is 0.148. The van der Waals surface area contributed by atoms with E-state index in [-0.39, 0.29) is 5.91 Å². The summed E-state index contributed by atoms with van der Waals surface area (Å²) in [6, 6.07) is 8.30. The van der Waals surface area contributed by atoms with Gasteiger partial charge in [0.05, 0.1) is 0 Å². The highest BCUT2D eigenvalue weighted by Gasteiger charge is 2.07. The fraction of sp³-hybridized carbons (Fsp3) is 0.400. The van der Waals surface area contributed by atoms with Crippen molar-refractivity contribution in [3.05, 3.63) is 35.5 Å². The average molecular weight is 244 g/mol. The second kappa shape index (κ2) is 5.71. The molecule has 0 fully saturated rings. The van der Waals surface area contributed by atoms with Crippen molar-refractivity contribution in [2.75, 3.05) is 6.54 Å². The number of aromatic amines is 1. The van der Waals surface area contributed by atoms with E-state index in [0.29, 0.717) is 13.0 Å². The Labute approximate surface area is 108 Å². The van der Waals surface area contributed by atoms with E-state index in [1.54, 1.807) is 0 Å². The van der Waals surface area contributed by atoms with Crippen molar-refractivity contribution in [2.24, 2.45) is 0 Å². The number of amides is 1. The fourth-order valence-corrected chi connectivity index (χ4v) is 2.30. The summed E-state index contributed by atoms with van der Waals surface area (Å²) in [5, 5.41) is 4.22. The van der Waals surface area contributed by atoms with Crippen LogP contribution in [0.5, 0.6) is 0 Å². The maximum Gasteiger partial charge on any atom is 0.219 e. The third-order valence-corrected chi connectivity index (χ3v) is 3.20. The maximum absolute atomic E-state index is 11.4. The van der Waals surface area contributed by atoms with E-state index >= 15 is 0 Å². The smallest absolute Gasteiger partial charge is 0.219 e. The van der Waals surface area contributed by atoms with Crippen LogP contribution in [-0.4, -0.2) is 17.4 Å². The number of carbonyl (C=O) groups is 1. The summed E-state index contributed by atoms with van der Waals surface area (Å²) in [5.41, 5.74) is 3.67. The summed E-state index contributed by atoms with van der Waals surface area (Å²) in [6.07, 6.45) is 2.40. The molecule has 96 valence electrons. The fourth-order valence-electron chi connectivity index (χ4n) is 2.30. The molecule has 0 radical (unpaired) electrons. The van der Waals surface area contributed by atoms with Crippen LogP contribution >= 0.6 is 0 Å². The minimum Gasteiger partial charge on any atom is -0.358 e.